The van der Waals surface area contributed by atoms with E-state index in [1.54, 1.807) is 11.8 Å². The molecule has 26 heavy (non-hydrogen) atoms. The summed E-state index contributed by atoms with van der Waals surface area (Å²) in [5.41, 5.74) is 9.97. The van der Waals surface area contributed by atoms with Crippen molar-refractivity contribution in [2.24, 2.45) is 5.73 Å². The predicted molar refractivity (Wildman–Crippen MR) is 107 cm³/mol. The van der Waals surface area contributed by atoms with Gasteiger partial charge in [-0.25, -0.2) is 0 Å². The molecule has 0 unspecified atom stereocenters. The summed E-state index contributed by atoms with van der Waals surface area (Å²) in [6.45, 7) is 1.90. The zero-order valence-electron chi connectivity index (χ0n) is 14.8. The quantitative estimate of drug-likeness (QED) is 0.765. The Morgan fingerprint density at radius 3 is 2.73 bits per heavy atom. The van der Waals surface area contributed by atoms with Crippen LogP contribution < -0.4 is 11.1 Å². The van der Waals surface area contributed by atoms with Crippen LogP contribution in [-0.4, -0.2) is 17.1 Å². The van der Waals surface area contributed by atoms with Crippen molar-refractivity contribution in [3.63, 3.8) is 0 Å². The fraction of sp³-hybridized carbons (Fsp3) is 0.400. The number of primary amides is 1. The van der Waals surface area contributed by atoms with E-state index < -0.39 is 5.91 Å². The number of benzene rings is 1. The smallest absolute Gasteiger partial charge is 0.251 e. The number of rotatable bonds is 5. The number of aryl methyl sites for hydroxylation is 3. The van der Waals surface area contributed by atoms with Gasteiger partial charge in [0.25, 0.3) is 5.91 Å². The van der Waals surface area contributed by atoms with E-state index in [9.17, 15) is 9.59 Å². The monoisotopic (exact) mass is 386 g/mol. The number of amides is 2. The van der Waals surface area contributed by atoms with Crippen LogP contribution >= 0.6 is 23.1 Å². The van der Waals surface area contributed by atoms with Crippen molar-refractivity contribution in [1.82, 2.24) is 0 Å². The summed E-state index contributed by atoms with van der Waals surface area (Å²) in [7, 11) is 0. The number of anilines is 1. The van der Waals surface area contributed by atoms with Gasteiger partial charge in [0, 0.05) is 9.77 Å². The number of carbonyl (C=O) groups is 2. The van der Waals surface area contributed by atoms with Crippen molar-refractivity contribution in [2.75, 3.05) is 5.32 Å². The third kappa shape index (κ3) is 3.28. The Hall–Kier alpha value is -1.79. The highest BCUT2D eigenvalue weighted by Gasteiger charge is 2.27. The third-order valence-electron chi connectivity index (χ3n) is 5.16. The maximum absolute atomic E-state index is 12.7. The number of carbonyl (C=O) groups excluding carboxylic acids is 2. The first kappa shape index (κ1) is 17.6. The summed E-state index contributed by atoms with van der Waals surface area (Å²) < 4.78 is 0. The first-order valence-electron chi connectivity index (χ1n) is 9.06. The van der Waals surface area contributed by atoms with E-state index in [0.717, 1.165) is 42.6 Å². The van der Waals surface area contributed by atoms with Crippen molar-refractivity contribution >= 4 is 39.9 Å². The van der Waals surface area contributed by atoms with Gasteiger partial charge < -0.3 is 11.1 Å². The number of thiophene rings is 1. The van der Waals surface area contributed by atoms with Gasteiger partial charge in [0.05, 0.1) is 10.8 Å². The molecule has 0 fully saturated rings. The molecule has 0 spiro atoms. The van der Waals surface area contributed by atoms with Crippen molar-refractivity contribution in [3.05, 3.63) is 45.3 Å². The van der Waals surface area contributed by atoms with E-state index >= 15 is 0 Å². The molecule has 2 aliphatic carbocycles. The average molecular weight is 387 g/mol. The normalized spacial score (nSPS) is 16.2. The molecular weight excluding hydrogens is 364 g/mol. The van der Waals surface area contributed by atoms with Crippen LogP contribution in [0.3, 0.4) is 0 Å². The molecular formula is C20H22N2O2S2. The molecule has 1 heterocycles. The standard InChI is InChI=1S/C20H22N2O2S2/c1-11(25-14-9-8-12-4-2-5-13(12)10-14)19(24)22-20-17(18(21)23)15-6-3-7-16(15)26-20/h8-11H,2-7H2,1H3,(H2,21,23)(H,22,24)/t11-/m1/s1. The molecule has 2 amide bonds. The minimum absolute atomic E-state index is 0.0853. The fourth-order valence-electron chi connectivity index (χ4n) is 3.85. The molecule has 4 nitrogen and oxygen atoms in total. The van der Waals surface area contributed by atoms with Crippen molar-refractivity contribution in [2.45, 2.75) is 55.6 Å². The third-order valence-corrected chi connectivity index (χ3v) is 7.46. The van der Waals surface area contributed by atoms with Gasteiger partial charge in [-0.2, -0.15) is 0 Å². The van der Waals surface area contributed by atoms with E-state index in [1.807, 2.05) is 6.92 Å². The number of thioether (sulfide) groups is 1. The first-order chi connectivity index (χ1) is 12.5. The summed E-state index contributed by atoms with van der Waals surface area (Å²) in [5.74, 6) is -0.531. The van der Waals surface area contributed by atoms with Crippen molar-refractivity contribution in [3.8, 4) is 0 Å². The minimum Gasteiger partial charge on any atom is -0.365 e. The maximum atomic E-state index is 12.7. The van der Waals surface area contributed by atoms with Gasteiger partial charge in [0.15, 0.2) is 0 Å². The average Bonchev–Trinajstić information content (AvgIpc) is 3.28. The molecule has 4 rings (SSSR count). The molecule has 6 heteroatoms. The summed E-state index contributed by atoms with van der Waals surface area (Å²) >= 11 is 3.06. The van der Waals surface area contributed by atoms with Crippen LogP contribution in [0.1, 0.15) is 51.7 Å². The Morgan fingerprint density at radius 1 is 1.15 bits per heavy atom. The van der Waals surface area contributed by atoms with Crippen LogP contribution in [0.15, 0.2) is 23.1 Å². The molecule has 0 radical (unpaired) electrons. The number of nitrogens with one attached hydrogen (secondary N) is 1. The van der Waals surface area contributed by atoms with Crippen molar-refractivity contribution < 1.29 is 9.59 Å². The summed E-state index contributed by atoms with van der Waals surface area (Å²) in [6, 6.07) is 6.50. The van der Waals surface area contributed by atoms with Gasteiger partial charge in [-0.3, -0.25) is 9.59 Å². The molecule has 1 aromatic heterocycles. The number of hydrogen-bond donors (Lipinski definition) is 2. The Morgan fingerprint density at radius 2 is 1.92 bits per heavy atom. The number of nitrogens with two attached hydrogens (primary N) is 1. The molecule has 0 bridgehead atoms. The Balaban J connectivity index is 1.47. The molecule has 1 aromatic carbocycles. The molecule has 0 aliphatic heterocycles. The fourth-order valence-corrected chi connectivity index (χ4v) is 6.07. The van der Waals surface area contributed by atoms with Gasteiger partial charge in [0.1, 0.15) is 5.00 Å². The Labute approximate surface area is 161 Å². The van der Waals surface area contributed by atoms with Crippen LogP contribution in [0.4, 0.5) is 5.00 Å². The lowest BCUT2D eigenvalue weighted by molar-refractivity contribution is -0.115. The lowest BCUT2D eigenvalue weighted by Crippen LogP contribution is -2.24. The van der Waals surface area contributed by atoms with E-state index in [4.69, 9.17) is 5.73 Å². The van der Waals surface area contributed by atoms with E-state index in [1.165, 1.54) is 33.8 Å². The van der Waals surface area contributed by atoms with Gasteiger partial charge in [-0.1, -0.05) is 6.07 Å². The summed E-state index contributed by atoms with van der Waals surface area (Å²) in [5, 5.41) is 3.33. The van der Waals surface area contributed by atoms with Crippen molar-refractivity contribution in [1.29, 1.82) is 0 Å². The second-order valence-electron chi connectivity index (χ2n) is 6.96. The van der Waals surface area contributed by atoms with Crippen LogP contribution in [-0.2, 0) is 30.5 Å². The SMILES string of the molecule is C[C@@H](Sc1ccc2c(c1)CCC2)C(=O)Nc1sc2c(c1C(N)=O)CCC2. The van der Waals surface area contributed by atoms with Crippen LogP contribution in [0, 0.1) is 0 Å². The zero-order chi connectivity index (χ0) is 18.3. The molecule has 0 saturated heterocycles. The lowest BCUT2D eigenvalue weighted by Gasteiger charge is -2.13. The van der Waals surface area contributed by atoms with Crippen LogP contribution in [0.25, 0.3) is 0 Å². The van der Waals surface area contributed by atoms with E-state index in [0.29, 0.717) is 10.6 Å². The maximum Gasteiger partial charge on any atom is 0.251 e. The highest BCUT2D eigenvalue weighted by molar-refractivity contribution is 8.00. The van der Waals surface area contributed by atoms with Gasteiger partial charge in [-0.05, 0) is 74.3 Å². The highest BCUT2D eigenvalue weighted by Crippen LogP contribution is 2.39. The molecule has 1 atom stereocenters. The largest absolute Gasteiger partial charge is 0.365 e. The second kappa shape index (κ2) is 7.08. The number of fused-ring (bicyclic) bond motifs is 2. The van der Waals surface area contributed by atoms with E-state index in [-0.39, 0.29) is 11.2 Å². The van der Waals surface area contributed by atoms with Gasteiger partial charge in [0.2, 0.25) is 5.91 Å². The lowest BCUT2D eigenvalue weighted by atomic mass is 10.1. The number of hydrogen-bond acceptors (Lipinski definition) is 4. The Kier molecular flexibility index (Phi) is 4.80. The summed E-state index contributed by atoms with van der Waals surface area (Å²) in [4.78, 5) is 26.9. The predicted octanol–water partition coefficient (Wildman–Crippen LogP) is 3.94. The molecule has 2 aromatic rings. The van der Waals surface area contributed by atoms with E-state index in [2.05, 4.69) is 23.5 Å². The molecule has 2 aliphatic rings. The summed E-state index contributed by atoms with van der Waals surface area (Å²) in [6.07, 6.45) is 6.41. The first-order valence-corrected chi connectivity index (χ1v) is 10.8. The van der Waals surface area contributed by atoms with Crippen LogP contribution in [0.2, 0.25) is 0 Å². The molecule has 0 saturated carbocycles. The highest BCUT2D eigenvalue weighted by atomic mass is 32.2. The second-order valence-corrected chi connectivity index (χ2v) is 9.48. The minimum atomic E-state index is -0.446. The molecule has 136 valence electrons. The zero-order valence-corrected chi connectivity index (χ0v) is 16.4. The molecule has 3 N–H and O–H groups in total. The van der Waals surface area contributed by atoms with Crippen LogP contribution in [0.5, 0.6) is 0 Å². The van der Waals surface area contributed by atoms with Gasteiger partial charge >= 0.3 is 0 Å². The Bertz CT molecular complexity index is 888. The topological polar surface area (TPSA) is 72.2 Å². The van der Waals surface area contributed by atoms with Gasteiger partial charge in [-0.15, -0.1) is 23.1 Å².